The number of hydrogen-bond acceptors (Lipinski definition) is 8. The number of aromatic nitrogens is 6. The van der Waals surface area contributed by atoms with Crippen LogP contribution < -0.4 is 9.30 Å². The van der Waals surface area contributed by atoms with Crippen molar-refractivity contribution in [3.8, 4) is 17.0 Å². The molecule has 0 radical (unpaired) electrons. The highest BCUT2D eigenvalue weighted by atomic mass is 35.5. The predicted octanol–water partition coefficient (Wildman–Crippen LogP) is 9.73. The zero-order valence-electron chi connectivity index (χ0n) is 33.3. The van der Waals surface area contributed by atoms with Gasteiger partial charge < -0.3 is 14.2 Å². The summed E-state index contributed by atoms with van der Waals surface area (Å²) in [5, 5.41) is 9.91. The molecule has 0 spiro atoms. The lowest BCUT2D eigenvalue weighted by Gasteiger charge is -2.11. The van der Waals surface area contributed by atoms with Gasteiger partial charge in [-0.1, -0.05) is 74.2 Å². The van der Waals surface area contributed by atoms with Gasteiger partial charge in [0.1, 0.15) is 17.8 Å². The summed E-state index contributed by atoms with van der Waals surface area (Å²) in [4.78, 5) is 20.4. The second-order valence-electron chi connectivity index (χ2n) is 14.6. The van der Waals surface area contributed by atoms with E-state index in [2.05, 4.69) is 55.4 Å². The monoisotopic (exact) mass is 783 g/mol. The molecule has 4 heterocycles. The first-order valence-corrected chi connectivity index (χ1v) is 21.1. The van der Waals surface area contributed by atoms with Crippen molar-refractivity contribution >= 4 is 28.5 Å². The van der Waals surface area contributed by atoms with Gasteiger partial charge in [0.15, 0.2) is 18.1 Å². The molecule has 0 amide bonds. The number of esters is 1. The van der Waals surface area contributed by atoms with Crippen molar-refractivity contribution in [3.05, 3.63) is 95.8 Å². The quantitative estimate of drug-likeness (QED) is 0.0214. The number of nitrogens with zero attached hydrogens (tertiary/aromatic N) is 6. The number of carbonyl (C=O) groups is 1. The second-order valence-corrected chi connectivity index (χ2v) is 15.0. The number of aryl methyl sites for hydroxylation is 4. The third-order valence-corrected chi connectivity index (χ3v) is 10.2. The molecule has 11 heteroatoms. The third-order valence-electron chi connectivity index (χ3n) is 9.89. The van der Waals surface area contributed by atoms with Crippen LogP contribution in [0.5, 0.6) is 5.75 Å². The van der Waals surface area contributed by atoms with Gasteiger partial charge >= 0.3 is 5.97 Å². The van der Waals surface area contributed by atoms with Crippen LogP contribution >= 0.6 is 11.6 Å². The van der Waals surface area contributed by atoms with Crippen LogP contribution in [0.3, 0.4) is 0 Å². The van der Waals surface area contributed by atoms with Gasteiger partial charge in [-0.05, 0) is 80.8 Å². The number of halogens is 1. The van der Waals surface area contributed by atoms with Gasteiger partial charge in [-0.2, -0.15) is 0 Å². The molecule has 0 saturated heterocycles. The first kappa shape index (κ1) is 42.9. The van der Waals surface area contributed by atoms with E-state index >= 15 is 0 Å². The highest BCUT2D eigenvalue weighted by molar-refractivity contribution is 6.36. The van der Waals surface area contributed by atoms with E-state index in [-0.39, 0.29) is 0 Å². The zero-order valence-corrected chi connectivity index (χ0v) is 34.0. The van der Waals surface area contributed by atoms with E-state index in [9.17, 15) is 4.79 Å². The van der Waals surface area contributed by atoms with E-state index in [1.807, 2.05) is 35.4 Å². The van der Waals surface area contributed by atoms with E-state index in [1.54, 1.807) is 18.3 Å². The van der Waals surface area contributed by atoms with Crippen LogP contribution in [0.15, 0.2) is 79.6 Å². The molecule has 0 fully saturated rings. The molecule has 0 aliphatic carbocycles. The molecule has 5 aromatic rings. The minimum Gasteiger partial charge on any atom is -0.424 e. The van der Waals surface area contributed by atoms with Crippen molar-refractivity contribution in [2.45, 2.75) is 123 Å². The molecular formula is C45H60ClN6O4+. The van der Waals surface area contributed by atoms with Crippen LogP contribution in [0.25, 0.3) is 22.2 Å². The zero-order chi connectivity index (χ0) is 39.0. The minimum absolute atomic E-state index is 0.356. The third kappa shape index (κ3) is 15.4. The molecule has 0 saturated carbocycles. The van der Waals surface area contributed by atoms with Crippen LogP contribution in [0.1, 0.15) is 108 Å². The van der Waals surface area contributed by atoms with Crippen LogP contribution in [0.4, 0.5) is 0 Å². The summed E-state index contributed by atoms with van der Waals surface area (Å²) in [5.41, 5.74) is 4.40. The fourth-order valence-corrected chi connectivity index (χ4v) is 7.17. The van der Waals surface area contributed by atoms with Crippen LogP contribution in [-0.4, -0.2) is 57.4 Å². The Bertz CT molecular complexity index is 1870. The molecule has 5 rings (SSSR count). The fourth-order valence-electron chi connectivity index (χ4n) is 6.91. The van der Waals surface area contributed by atoms with E-state index < -0.39 is 5.97 Å². The maximum absolute atomic E-state index is 11.9. The van der Waals surface area contributed by atoms with E-state index in [0.29, 0.717) is 27.5 Å². The van der Waals surface area contributed by atoms with Gasteiger partial charge in [0.2, 0.25) is 0 Å². The van der Waals surface area contributed by atoms with Crippen molar-refractivity contribution in [3.63, 3.8) is 0 Å². The van der Waals surface area contributed by atoms with Crippen molar-refractivity contribution < 1.29 is 23.6 Å². The lowest BCUT2D eigenvalue weighted by atomic mass is 10.1. The summed E-state index contributed by atoms with van der Waals surface area (Å²) in [6, 6.07) is 13.9. The second kappa shape index (κ2) is 25.1. The molecule has 0 N–H and O–H groups in total. The van der Waals surface area contributed by atoms with E-state index in [1.165, 1.54) is 63.0 Å². The summed E-state index contributed by atoms with van der Waals surface area (Å²) in [5.74, 6) is -0.0697. The smallest absolute Gasteiger partial charge is 0.308 e. The summed E-state index contributed by atoms with van der Waals surface area (Å²) in [6.07, 6.45) is 30.4. The molecule has 300 valence electrons. The normalized spacial score (nSPS) is 11.4. The average molecular weight is 784 g/mol. The van der Waals surface area contributed by atoms with Gasteiger partial charge in [0.25, 0.3) is 0 Å². The van der Waals surface area contributed by atoms with Crippen LogP contribution in [0, 0.1) is 0 Å². The van der Waals surface area contributed by atoms with Crippen LogP contribution in [-0.2, 0) is 40.2 Å². The largest absolute Gasteiger partial charge is 0.424 e. The Morgan fingerprint density at radius 3 is 2.16 bits per heavy atom. The maximum Gasteiger partial charge on any atom is 0.308 e. The predicted molar refractivity (Wildman–Crippen MR) is 222 cm³/mol. The maximum atomic E-state index is 11.9. The van der Waals surface area contributed by atoms with Gasteiger partial charge in [0, 0.05) is 81.9 Å². The number of benzene rings is 1. The van der Waals surface area contributed by atoms with Crippen molar-refractivity contribution in [2.24, 2.45) is 0 Å². The Hall–Kier alpha value is -4.25. The van der Waals surface area contributed by atoms with E-state index in [4.69, 9.17) is 25.8 Å². The van der Waals surface area contributed by atoms with Crippen molar-refractivity contribution in [2.75, 3.05) is 26.4 Å². The molecular weight excluding hydrogens is 724 g/mol. The van der Waals surface area contributed by atoms with E-state index in [0.717, 1.165) is 103 Å². The molecule has 1 aromatic carbocycles. The van der Waals surface area contributed by atoms with Gasteiger partial charge in [0.05, 0.1) is 16.8 Å². The molecule has 0 aliphatic heterocycles. The lowest BCUT2D eigenvalue weighted by Crippen LogP contribution is -2.33. The fraction of sp³-hybridized carbons (Fsp3) is 0.511. The Morgan fingerprint density at radius 2 is 1.43 bits per heavy atom. The minimum atomic E-state index is -0.426. The number of ether oxygens (including phenoxy) is 3. The molecule has 0 atom stereocenters. The molecule has 0 bridgehead atoms. The highest BCUT2D eigenvalue weighted by Gasteiger charge is 2.19. The molecule has 0 unspecified atom stereocenters. The molecule has 4 aromatic heterocycles. The topological polar surface area (TPSA) is 105 Å². The highest BCUT2D eigenvalue weighted by Crippen LogP contribution is 2.39. The summed E-state index contributed by atoms with van der Waals surface area (Å²) < 4.78 is 21.5. The standard InChI is InChI=1S/C45H60ClN6O4/c1-37(53)56-45-41(33-42(46)40-23-15-25-48-44(40)45)43-36-52(50-49-43)28-10-8-6-4-2-3-5-7-9-12-29-54-32-18-22-39-20-16-27-51(35-39)26-11-13-30-55-31-17-21-38-19-14-24-47-34-38/h14-16,19-20,23-25,27,33-36H,2-13,17-18,21-22,26,28-32H2,1H3/q+1. The summed E-state index contributed by atoms with van der Waals surface area (Å²) >= 11 is 6.54. The van der Waals surface area contributed by atoms with Crippen molar-refractivity contribution in [1.82, 2.24) is 25.0 Å². The first-order chi connectivity index (χ1) is 27.6. The van der Waals surface area contributed by atoms with Gasteiger partial charge in [-0.25, -0.2) is 4.57 Å². The molecule has 56 heavy (non-hydrogen) atoms. The molecule has 0 aliphatic rings. The number of pyridine rings is 3. The summed E-state index contributed by atoms with van der Waals surface area (Å²) in [6.45, 7) is 6.53. The lowest BCUT2D eigenvalue weighted by molar-refractivity contribution is -0.697. The van der Waals surface area contributed by atoms with Crippen LogP contribution in [0.2, 0.25) is 5.02 Å². The van der Waals surface area contributed by atoms with Crippen molar-refractivity contribution in [1.29, 1.82) is 0 Å². The van der Waals surface area contributed by atoms with Gasteiger partial charge in [-0.15, -0.1) is 5.10 Å². The Balaban J connectivity index is 0.814. The SMILES string of the molecule is CC(=O)Oc1c(-c2cn(CCCCCCCCCCCCOCCCc3ccc[n+](CCCCOCCCc4cccnc4)c3)nn2)cc(Cl)c2cccnc12. The Labute approximate surface area is 338 Å². The number of carbonyl (C=O) groups excluding carboxylic acids is 1. The Kier molecular flexibility index (Phi) is 19.2. The number of fused-ring (bicyclic) bond motifs is 1. The average Bonchev–Trinajstić information content (AvgIpc) is 3.69. The number of rotatable bonds is 28. The summed E-state index contributed by atoms with van der Waals surface area (Å²) in [7, 11) is 0. The number of unbranched alkanes of at least 4 members (excludes halogenated alkanes) is 10. The number of hydrogen-bond donors (Lipinski definition) is 0. The Morgan fingerprint density at radius 1 is 0.768 bits per heavy atom. The molecule has 10 nitrogen and oxygen atoms in total. The first-order valence-electron chi connectivity index (χ1n) is 20.8. The van der Waals surface area contributed by atoms with Gasteiger partial charge in [-0.3, -0.25) is 19.4 Å².